The highest BCUT2D eigenvalue weighted by atomic mass is 79.9. The second-order valence-corrected chi connectivity index (χ2v) is 7.09. The van der Waals surface area contributed by atoms with Crippen molar-refractivity contribution >= 4 is 31.5 Å². The molecule has 21 heavy (non-hydrogen) atoms. The Labute approximate surface area is 129 Å². The fourth-order valence-corrected chi connectivity index (χ4v) is 2.65. The predicted octanol–water partition coefficient (Wildman–Crippen LogP) is 3.55. The molecule has 0 atom stereocenters. The first-order valence-corrected chi connectivity index (χ1v) is 8.38. The Hall–Kier alpha value is -1.93. The van der Waals surface area contributed by atoms with Crippen LogP contribution in [0.15, 0.2) is 51.8 Å². The van der Waals surface area contributed by atoms with Gasteiger partial charge in [-0.25, -0.2) is 8.42 Å². The normalized spacial score (nSPS) is 11.1. The van der Waals surface area contributed by atoms with Crippen LogP contribution in [0.1, 0.15) is 0 Å². The number of non-ortho nitro benzene ring substituents is 1. The summed E-state index contributed by atoms with van der Waals surface area (Å²) in [5.41, 5.74) is -0.0540. The highest BCUT2D eigenvalue weighted by Crippen LogP contribution is 2.32. The van der Waals surface area contributed by atoms with Crippen molar-refractivity contribution in [2.75, 3.05) is 6.26 Å². The number of hydrogen-bond acceptors (Lipinski definition) is 5. The van der Waals surface area contributed by atoms with Crippen molar-refractivity contribution in [2.45, 2.75) is 4.90 Å². The van der Waals surface area contributed by atoms with Gasteiger partial charge >= 0.3 is 0 Å². The number of nitro benzene ring substituents is 1. The van der Waals surface area contributed by atoms with Gasteiger partial charge in [0, 0.05) is 18.4 Å². The molecule has 0 aliphatic carbocycles. The van der Waals surface area contributed by atoms with Crippen LogP contribution in [0, 0.1) is 10.1 Å². The molecule has 2 rings (SSSR count). The molecule has 0 aliphatic rings. The molecule has 110 valence electrons. The molecule has 8 heteroatoms. The van der Waals surface area contributed by atoms with Crippen molar-refractivity contribution in [2.24, 2.45) is 0 Å². The molecule has 0 saturated carbocycles. The number of hydrogen-bond donors (Lipinski definition) is 0. The van der Waals surface area contributed by atoms with Crippen LogP contribution in [0.25, 0.3) is 0 Å². The van der Waals surface area contributed by atoms with Gasteiger partial charge in [-0.1, -0.05) is 0 Å². The molecule has 0 heterocycles. The molecule has 0 aliphatic heterocycles. The van der Waals surface area contributed by atoms with E-state index in [1.807, 2.05) is 0 Å². The van der Waals surface area contributed by atoms with Crippen LogP contribution in [0.5, 0.6) is 11.5 Å². The van der Waals surface area contributed by atoms with Crippen molar-refractivity contribution in [3.8, 4) is 11.5 Å². The van der Waals surface area contributed by atoms with Gasteiger partial charge < -0.3 is 4.74 Å². The number of nitrogens with zero attached hydrogens (tertiary/aromatic N) is 1. The number of benzene rings is 2. The van der Waals surface area contributed by atoms with Crippen molar-refractivity contribution in [1.82, 2.24) is 0 Å². The first kappa shape index (κ1) is 15.5. The molecule has 0 bridgehead atoms. The Morgan fingerprint density at radius 1 is 1.14 bits per heavy atom. The van der Waals surface area contributed by atoms with Gasteiger partial charge in [0.05, 0.1) is 14.3 Å². The van der Waals surface area contributed by atoms with Gasteiger partial charge in [-0.2, -0.15) is 0 Å². The average Bonchev–Trinajstić information content (AvgIpc) is 2.40. The quantitative estimate of drug-likeness (QED) is 0.605. The van der Waals surface area contributed by atoms with Gasteiger partial charge in [0.2, 0.25) is 0 Å². The molecular weight excluding hydrogens is 362 g/mol. The minimum atomic E-state index is -3.26. The molecule has 2 aromatic rings. The lowest BCUT2D eigenvalue weighted by molar-refractivity contribution is -0.384. The highest BCUT2D eigenvalue weighted by molar-refractivity contribution is 9.10. The van der Waals surface area contributed by atoms with Crippen molar-refractivity contribution in [3.05, 3.63) is 57.1 Å². The third-order valence-electron chi connectivity index (χ3n) is 2.61. The van der Waals surface area contributed by atoms with Gasteiger partial charge in [0.25, 0.3) is 5.69 Å². The number of ether oxygens (including phenoxy) is 1. The van der Waals surface area contributed by atoms with E-state index in [4.69, 9.17) is 4.74 Å². The SMILES string of the molecule is CS(=O)(=O)c1ccc(Oc2ccc([N+](=O)[O-])cc2Br)cc1. The lowest BCUT2D eigenvalue weighted by Crippen LogP contribution is -1.96. The molecule has 0 spiro atoms. The Morgan fingerprint density at radius 3 is 2.24 bits per heavy atom. The smallest absolute Gasteiger partial charge is 0.270 e. The zero-order valence-electron chi connectivity index (χ0n) is 10.8. The molecule has 0 amide bonds. The van der Waals surface area contributed by atoms with Gasteiger partial charge in [-0.05, 0) is 46.3 Å². The largest absolute Gasteiger partial charge is 0.456 e. The minimum absolute atomic E-state index is 0.0540. The standard InChI is InChI=1S/C13H10BrNO5S/c1-21(18,19)11-5-3-10(4-6-11)20-13-7-2-9(15(16)17)8-12(13)14/h2-8H,1H3. The second-order valence-electron chi connectivity index (χ2n) is 4.22. The fourth-order valence-electron chi connectivity index (χ4n) is 1.57. The summed E-state index contributed by atoms with van der Waals surface area (Å²) >= 11 is 3.19. The van der Waals surface area contributed by atoms with E-state index in [1.54, 1.807) is 0 Å². The van der Waals surface area contributed by atoms with Gasteiger partial charge in [0.1, 0.15) is 11.5 Å². The van der Waals surface area contributed by atoms with E-state index in [-0.39, 0.29) is 10.6 Å². The lowest BCUT2D eigenvalue weighted by Gasteiger charge is -2.08. The zero-order chi connectivity index (χ0) is 15.6. The van der Waals surface area contributed by atoms with E-state index in [9.17, 15) is 18.5 Å². The summed E-state index contributed by atoms with van der Waals surface area (Å²) in [5, 5.41) is 10.6. The molecular formula is C13H10BrNO5S. The molecule has 2 aromatic carbocycles. The van der Waals surface area contributed by atoms with Crippen LogP contribution < -0.4 is 4.74 Å². The number of sulfone groups is 1. The van der Waals surface area contributed by atoms with Crippen LogP contribution in [-0.2, 0) is 9.84 Å². The van der Waals surface area contributed by atoms with Crippen molar-refractivity contribution in [1.29, 1.82) is 0 Å². The van der Waals surface area contributed by atoms with E-state index in [1.165, 1.54) is 42.5 Å². The maximum atomic E-state index is 11.3. The lowest BCUT2D eigenvalue weighted by atomic mass is 10.3. The number of nitro groups is 1. The molecule has 0 saturated heterocycles. The van der Waals surface area contributed by atoms with Gasteiger partial charge in [-0.3, -0.25) is 10.1 Å². The predicted molar refractivity (Wildman–Crippen MR) is 80.4 cm³/mol. The van der Waals surface area contributed by atoms with Gasteiger partial charge in [0.15, 0.2) is 9.84 Å². The Balaban J connectivity index is 2.24. The summed E-state index contributed by atoms with van der Waals surface area (Å²) in [7, 11) is -3.26. The Kier molecular flexibility index (Phi) is 4.29. The summed E-state index contributed by atoms with van der Waals surface area (Å²) in [4.78, 5) is 10.3. The summed E-state index contributed by atoms with van der Waals surface area (Å²) in [6.45, 7) is 0. The summed E-state index contributed by atoms with van der Waals surface area (Å²) in [6.07, 6.45) is 1.12. The summed E-state index contributed by atoms with van der Waals surface area (Å²) < 4.78 is 28.7. The van der Waals surface area contributed by atoms with E-state index < -0.39 is 14.8 Å². The van der Waals surface area contributed by atoms with Gasteiger partial charge in [-0.15, -0.1) is 0 Å². The minimum Gasteiger partial charge on any atom is -0.456 e. The first-order valence-electron chi connectivity index (χ1n) is 5.69. The fraction of sp³-hybridized carbons (Fsp3) is 0.0769. The molecule has 0 fully saturated rings. The van der Waals surface area contributed by atoms with Crippen LogP contribution in [0.4, 0.5) is 5.69 Å². The van der Waals surface area contributed by atoms with E-state index in [0.717, 1.165) is 6.26 Å². The van der Waals surface area contributed by atoms with Crippen LogP contribution in [-0.4, -0.2) is 19.6 Å². The molecule has 6 nitrogen and oxygen atoms in total. The monoisotopic (exact) mass is 371 g/mol. The topological polar surface area (TPSA) is 86.5 Å². The Bertz CT molecular complexity index is 787. The average molecular weight is 372 g/mol. The third-order valence-corrected chi connectivity index (χ3v) is 4.35. The van der Waals surface area contributed by atoms with Crippen molar-refractivity contribution in [3.63, 3.8) is 0 Å². The van der Waals surface area contributed by atoms with Crippen LogP contribution in [0.2, 0.25) is 0 Å². The van der Waals surface area contributed by atoms with E-state index in [0.29, 0.717) is 16.0 Å². The van der Waals surface area contributed by atoms with Crippen LogP contribution >= 0.6 is 15.9 Å². The highest BCUT2D eigenvalue weighted by Gasteiger charge is 2.11. The summed E-state index contributed by atoms with van der Waals surface area (Å²) in [5.74, 6) is 0.824. The zero-order valence-corrected chi connectivity index (χ0v) is 13.2. The third kappa shape index (κ3) is 3.79. The first-order chi connectivity index (χ1) is 9.77. The van der Waals surface area contributed by atoms with Crippen molar-refractivity contribution < 1.29 is 18.1 Å². The van der Waals surface area contributed by atoms with E-state index >= 15 is 0 Å². The number of rotatable bonds is 4. The number of halogens is 1. The molecule has 0 aromatic heterocycles. The summed E-state index contributed by atoms with van der Waals surface area (Å²) in [6, 6.07) is 10.0. The maximum Gasteiger partial charge on any atom is 0.270 e. The molecule has 0 unspecified atom stereocenters. The Morgan fingerprint density at radius 2 is 1.76 bits per heavy atom. The van der Waals surface area contributed by atoms with E-state index in [2.05, 4.69) is 15.9 Å². The second kappa shape index (κ2) is 5.82. The molecule has 0 N–H and O–H groups in total. The molecule has 0 radical (unpaired) electrons. The van der Waals surface area contributed by atoms with Crippen LogP contribution in [0.3, 0.4) is 0 Å². The maximum absolute atomic E-state index is 11.3.